The number of amides is 2. The van der Waals surface area contributed by atoms with Gasteiger partial charge in [0, 0.05) is 44.9 Å². The molecule has 1 aromatic heterocycles. The third-order valence-electron chi connectivity index (χ3n) is 7.06. The smallest absolute Gasteiger partial charge is 0.222 e. The summed E-state index contributed by atoms with van der Waals surface area (Å²) in [4.78, 5) is 29.2. The van der Waals surface area contributed by atoms with Gasteiger partial charge in [0.15, 0.2) is 0 Å². The highest BCUT2D eigenvalue weighted by Crippen LogP contribution is 2.30. The van der Waals surface area contributed by atoms with E-state index in [4.69, 9.17) is 4.42 Å². The van der Waals surface area contributed by atoms with Crippen molar-refractivity contribution >= 4 is 11.8 Å². The number of benzene rings is 1. The molecule has 1 atom stereocenters. The van der Waals surface area contributed by atoms with Crippen LogP contribution in [0.3, 0.4) is 0 Å². The largest absolute Gasteiger partial charge is 0.469 e. The molecule has 0 spiro atoms. The molecule has 2 aliphatic heterocycles. The molecule has 2 fully saturated rings. The van der Waals surface area contributed by atoms with Crippen LogP contribution in [-0.4, -0.2) is 53.8 Å². The molecule has 0 aliphatic carbocycles. The predicted octanol–water partition coefficient (Wildman–Crippen LogP) is 3.62. The Morgan fingerprint density at radius 3 is 2.62 bits per heavy atom. The van der Waals surface area contributed by atoms with Gasteiger partial charge in [-0.15, -0.1) is 0 Å². The van der Waals surface area contributed by atoms with Gasteiger partial charge >= 0.3 is 0 Å². The first-order chi connectivity index (χ1) is 15.5. The summed E-state index contributed by atoms with van der Waals surface area (Å²) in [6, 6.07) is 14.4. The molecule has 1 unspecified atom stereocenters. The molecule has 2 saturated heterocycles. The number of rotatable bonds is 9. The quantitative estimate of drug-likeness (QED) is 0.651. The monoisotopic (exact) mass is 437 g/mol. The third kappa shape index (κ3) is 6.00. The fourth-order valence-corrected chi connectivity index (χ4v) is 5.12. The van der Waals surface area contributed by atoms with E-state index in [0.29, 0.717) is 31.6 Å². The highest BCUT2D eigenvalue weighted by atomic mass is 16.3. The summed E-state index contributed by atoms with van der Waals surface area (Å²) in [6.45, 7) is 3.99. The lowest BCUT2D eigenvalue weighted by Gasteiger charge is -2.34. The first kappa shape index (κ1) is 22.6. The molecule has 2 amide bonds. The number of carbonyl (C=O) groups excluding carboxylic acids is 2. The Morgan fingerprint density at radius 2 is 1.97 bits per heavy atom. The van der Waals surface area contributed by atoms with Gasteiger partial charge in [0.05, 0.1) is 6.26 Å². The van der Waals surface area contributed by atoms with E-state index < -0.39 is 0 Å². The molecule has 6 heteroatoms. The molecule has 0 bridgehead atoms. The normalized spacial score (nSPS) is 22.1. The standard InChI is InChI=1S/C26H35N3O3/c1-28(19-22-11-15-29(16-12-22)20-21-6-3-2-4-7-21)25(31)10-14-26(13-9-24(30)27-26)18-23-8-5-17-32-23/h2-8,17,22H,9-16,18-20H2,1H3,(H,27,30). The topological polar surface area (TPSA) is 65.8 Å². The average molecular weight is 438 g/mol. The van der Waals surface area contributed by atoms with Crippen molar-refractivity contribution in [3.8, 4) is 0 Å². The zero-order valence-corrected chi connectivity index (χ0v) is 19.1. The van der Waals surface area contributed by atoms with Crippen molar-refractivity contribution < 1.29 is 14.0 Å². The van der Waals surface area contributed by atoms with Crippen LogP contribution < -0.4 is 5.32 Å². The van der Waals surface area contributed by atoms with Gasteiger partial charge in [-0.1, -0.05) is 30.3 Å². The molecule has 2 aliphatic rings. The Morgan fingerprint density at radius 1 is 1.19 bits per heavy atom. The molecular weight excluding hydrogens is 402 g/mol. The van der Waals surface area contributed by atoms with Crippen LogP contribution in [0.25, 0.3) is 0 Å². The molecule has 4 rings (SSSR count). The summed E-state index contributed by atoms with van der Waals surface area (Å²) in [5.74, 6) is 1.64. The lowest BCUT2D eigenvalue weighted by molar-refractivity contribution is -0.131. The number of hydrogen-bond acceptors (Lipinski definition) is 4. The van der Waals surface area contributed by atoms with Gasteiger partial charge in [-0.3, -0.25) is 14.5 Å². The van der Waals surface area contributed by atoms with Crippen molar-refractivity contribution in [2.24, 2.45) is 5.92 Å². The first-order valence-corrected chi connectivity index (χ1v) is 11.8. The molecule has 3 heterocycles. The summed E-state index contributed by atoms with van der Waals surface area (Å²) >= 11 is 0. The zero-order valence-electron chi connectivity index (χ0n) is 19.1. The summed E-state index contributed by atoms with van der Waals surface area (Å²) in [7, 11) is 1.92. The second kappa shape index (κ2) is 10.3. The molecule has 1 N–H and O–H groups in total. The lowest BCUT2D eigenvalue weighted by Crippen LogP contribution is -2.45. The number of likely N-dealkylation sites (tertiary alicyclic amines) is 1. The third-order valence-corrected chi connectivity index (χ3v) is 7.06. The van der Waals surface area contributed by atoms with Crippen LogP contribution in [0.4, 0.5) is 0 Å². The minimum Gasteiger partial charge on any atom is -0.469 e. The number of furan rings is 1. The van der Waals surface area contributed by atoms with Gasteiger partial charge in [0.25, 0.3) is 0 Å². The molecule has 2 aromatic rings. The van der Waals surface area contributed by atoms with Crippen molar-refractivity contribution in [1.29, 1.82) is 0 Å². The van der Waals surface area contributed by atoms with E-state index in [9.17, 15) is 9.59 Å². The summed E-state index contributed by atoms with van der Waals surface area (Å²) < 4.78 is 5.51. The van der Waals surface area contributed by atoms with Crippen molar-refractivity contribution in [1.82, 2.24) is 15.1 Å². The second-order valence-corrected chi connectivity index (χ2v) is 9.56. The zero-order chi connectivity index (χ0) is 22.4. The first-order valence-electron chi connectivity index (χ1n) is 11.8. The summed E-state index contributed by atoms with van der Waals surface area (Å²) in [6.07, 6.45) is 6.93. The van der Waals surface area contributed by atoms with Gasteiger partial charge in [0.2, 0.25) is 11.8 Å². The Balaban J connectivity index is 1.22. The Labute approximate surface area is 191 Å². The van der Waals surface area contributed by atoms with Gasteiger partial charge in [0.1, 0.15) is 5.76 Å². The highest BCUT2D eigenvalue weighted by molar-refractivity contribution is 5.80. The number of nitrogens with one attached hydrogen (secondary N) is 1. The van der Waals surface area contributed by atoms with Crippen LogP contribution >= 0.6 is 0 Å². The second-order valence-electron chi connectivity index (χ2n) is 9.56. The number of carbonyl (C=O) groups is 2. The molecule has 0 saturated carbocycles. The Bertz CT molecular complexity index is 875. The van der Waals surface area contributed by atoms with Crippen molar-refractivity contribution in [2.45, 2.75) is 57.0 Å². The van der Waals surface area contributed by atoms with E-state index in [1.807, 2.05) is 24.1 Å². The van der Waals surface area contributed by atoms with Gasteiger partial charge in [-0.05, 0) is 62.4 Å². The minimum absolute atomic E-state index is 0.0691. The van der Waals surface area contributed by atoms with Gasteiger partial charge in [-0.2, -0.15) is 0 Å². The molecular formula is C26H35N3O3. The Kier molecular flexibility index (Phi) is 7.30. The minimum atomic E-state index is -0.367. The number of piperidine rings is 1. The summed E-state index contributed by atoms with van der Waals surface area (Å²) in [5, 5.41) is 3.13. The van der Waals surface area contributed by atoms with Crippen LogP contribution in [-0.2, 0) is 22.6 Å². The average Bonchev–Trinajstić information content (AvgIpc) is 3.44. The van der Waals surface area contributed by atoms with Crippen molar-refractivity contribution in [3.05, 3.63) is 60.1 Å². The van der Waals surface area contributed by atoms with Crippen LogP contribution in [0.2, 0.25) is 0 Å². The highest BCUT2D eigenvalue weighted by Gasteiger charge is 2.39. The van der Waals surface area contributed by atoms with E-state index in [2.05, 4.69) is 40.5 Å². The fourth-order valence-electron chi connectivity index (χ4n) is 5.12. The van der Waals surface area contributed by atoms with E-state index in [0.717, 1.165) is 51.2 Å². The SMILES string of the molecule is CN(CC1CCN(Cc2ccccc2)CC1)C(=O)CCC1(Cc2ccco2)CCC(=O)N1. The number of nitrogens with zero attached hydrogens (tertiary/aromatic N) is 2. The van der Waals surface area contributed by atoms with Crippen molar-refractivity contribution in [3.63, 3.8) is 0 Å². The lowest BCUT2D eigenvalue weighted by atomic mass is 9.86. The van der Waals surface area contributed by atoms with E-state index in [1.54, 1.807) is 6.26 Å². The Hall–Kier alpha value is -2.60. The maximum Gasteiger partial charge on any atom is 0.222 e. The maximum absolute atomic E-state index is 12.9. The molecule has 1 aromatic carbocycles. The maximum atomic E-state index is 12.9. The van der Waals surface area contributed by atoms with E-state index in [-0.39, 0.29) is 17.4 Å². The van der Waals surface area contributed by atoms with Crippen LogP contribution in [0.15, 0.2) is 53.1 Å². The predicted molar refractivity (Wildman–Crippen MR) is 124 cm³/mol. The number of hydrogen-bond donors (Lipinski definition) is 1. The van der Waals surface area contributed by atoms with Crippen LogP contribution in [0.1, 0.15) is 49.8 Å². The van der Waals surface area contributed by atoms with E-state index in [1.165, 1.54) is 5.56 Å². The van der Waals surface area contributed by atoms with Gasteiger partial charge in [-0.25, -0.2) is 0 Å². The van der Waals surface area contributed by atoms with E-state index >= 15 is 0 Å². The molecule has 6 nitrogen and oxygen atoms in total. The molecule has 32 heavy (non-hydrogen) atoms. The fraction of sp³-hybridized carbons (Fsp3) is 0.538. The summed E-state index contributed by atoms with van der Waals surface area (Å²) in [5.41, 5.74) is 0.995. The van der Waals surface area contributed by atoms with Crippen molar-refractivity contribution in [2.75, 3.05) is 26.7 Å². The van der Waals surface area contributed by atoms with Crippen LogP contribution in [0.5, 0.6) is 0 Å². The van der Waals surface area contributed by atoms with Gasteiger partial charge < -0.3 is 14.6 Å². The molecule has 0 radical (unpaired) electrons. The van der Waals surface area contributed by atoms with Crippen LogP contribution in [0, 0.1) is 5.92 Å². The molecule has 172 valence electrons.